The highest BCUT2D eigenvalue weighted by atomic mass is 16.6. The molecule has 4 aliphatic rings. The Hall–Kier alpha value is -4.72. The molecule has 0 aromatic heterocycles. The Morgan fingerprint density at radius 1 is 0.772 bits per heavy atom. The first kappa shape index (κ1) is 39.1. The third kappa shape index (κ3) is 6.80. The zero-order chi connectivity index (χ0) is 40.1. The molecule has 4 aromatic carbocycles. The summed E-state index contributed by atoms with van der Waals surface area (Å²) in [5.41, 5.74) is 1.23. The van der Waals surface area contributed by atoms with Gasteiger partial charge >= 0.3 is 11.9 Å². The van der Waals surface area contributed by atoms with Crippen LogP contribution >= 0.6 is 0 Å². The van der Waals surface area contributed by atoms with Gasteiger partial charge in [0.15, 0.2) is 5.60 Å². The number of esters is 2. The summed E-state index contributed by atoms with van der Waals surface area (Å²) in [6.45, 7) is 13.1. The monoisotopic (exact) mass is 768 g/mol. The number of benzene rings is 4. The molecule has 7 nitrogen and oxygen atoms in total. The van der Waals surface area contributed by atoms with Crippen LogP contribution in [0.3, 0.4) is 0 Å². The number of cyclic esters (lactones) is 1. The van der Waals surface area contributed by atoms with Gasteiger partial charge in [-0.2, -0.15) is 0 Å². The van der Waals surface area contributed by atoms with Crippen molar-refractivity contribution in [2.75, 3.05) is 13.2 Å². The SMILES string of the molecule is Cc1ccccc1OC(C)(C)C(=O)O[C@@H]1CC[C@@]2(C)C3CC(C4=CCOC4=O)O[C@]3(C)CC[C@@H]2[C@]1(C)COC(c1ccccc1)(c1ccccc1)c1ccccc1. The summed E-state index contributed by atoms with van der Waals surface area (Å²) in [4.78, 5) is 27.2. The van der Waals surface area contributed by atoms with Crippen molar-refractivity contribution in [1.29, 1.82) is 0 Å². The highest BCUT2D eigenvalue weighted by Gasteiger charge is 2.66. The average Bonchev–Trinajstić information content (AvgIpc) is 3.81. The summed E-state index contributed by atoms with van der Waals surface area (Å²) in [6, 6.07) is 39.1. The number of hydrogen-bond donors (Lipinski definition) is 0. The fraction of sp³-hybridized carbons (Fsp3) is 0.440. The summed E-state index contributed by atoms with van der Waals surface area (Å²) in [5.74, 6) is 0.252. The van der Waals surface area contributed by atoms with Gasteiger partial charge in [0.1, 0.15) is 24.1 Å². The zero-order valence-corrected chi connectivity index (χ0v) is 34.2. The molecule has 2 heterocycles. The van der Waals surface area contributed by atoms with Gasteiger partial charge in [0.25, 0.3) is 0 Å². The third-order valence-electron chi connectivity index (χ3n) is 14.0. The summed E-state index contributed by atoms with van der Waals surface area (Å²) in [5, 5.41) is 0. The minimum atomic E-state index is -1.24. The van der Waals surface area contributed by atoms with Crippen molar-refractivity contribution in [3.63, 3.8) is 0 Å². The molecule has 7 heteroatoms. The topological polar surface area (TPSA) is 80.3 Å². The fourth-order valence-electron chi connectivity index (χ4n) is 11.1. The van der Waals surface area contributed by atoms with Gasteiger partial charge in [0.05, 0.1) is 23.9 Å². The van der Waals surface area contributed by atoms with E-state index in [0.29, 0.717) is 31.0 Å². The molecule has 57 heavy (non-hydrogen) atoms. The van der Waals surface area contributed by atoms with Crippen molar-refractivity contribution in [2.24, 2.45) is 22.7 Å². The second kappa shape index (κ2) is 14.9. The maximum atomic E-state index is 14.4. The van der Waals surface area contributed by atoms with Crippen molar-refractivity contribution >= 4 is 11.9 Å². The minimum absolute atomic E-state index is 0.0990. The summed E-state index contributed by atoms with van der Waals surface area (Å²) in [6.07, 6.45) is 5.02. The molecule has 0 bridgehead atoms. The number of para-hydroxylation sites is 1. The predicted molar refractivity (Wildman–Crippen MR) is 220 cm³/mol. The lowest BCUT2D eigenvalue weighted by Crippen LogP contribution is -2.63. The van der Waals surface area contributed by atoms with Gasteiger partial charge in [-0.25, -0.2) is 9.59 Å². The van der Waals surface area contributed by atoms with Crippen LogP contribution in [0.5, 0.6) is 5.75 Å². The molecule has 3 fully saturated rings. The molecule has 0 amide bonds. The Bertz CT molecular complexity index is 2020. The quantitative estimate of drug-likeness (QED) is 0.111. The van der Waals surface area contributed by atoms with Gasteiger partial charge in [0.2, 0.25) is 0 Å². The number of fused-ring (bicyclic) bond motifs is 3. The van der Waals surface area contributed by atoms with E-state index >= 15 is 0 Å². The van der Waals surface area contributed by atoms with Crippen LogP contribution in [-0.4, -0.2) is 48.6 Å². The first-order valence-electron chi connectivity index (χ1n) is 20.6. The van der Waals surface area contributed by atoms with Crippen LogP contribution in [0.4, 0.5) is 0 Å². The summed E-state index contributed by atoms with van der Waals surface area (Å²) >= 11 is 0. The Kier molecular flexibility index (Phi) is 10.2. The molecule has 2 aliphatic heterocycles. The van der Waals surface area contributed by atoms with E-state index in [1.54, 1.807) is 13.8 Å². The van der Waals surface area contributed by atoms with Crippen LogP contribution in [-0.2, 0) is 34.1 Å². The van der Waals surface area contributed by atoms with Gasteiger partial charge in [-0.1, -0.05) is 123 Å². The number of hydrogen-bond acceptors (Lipinski definition) is 7. The number of aryl methyl sites for hydroxylation is 1. The van der Waals surface area contributed by atoms with Gasteiger partial charge in [-0.15, -0.1) is 0 Å². The molecule has 2 unspecified atom stereocenters. The van der Waals surface area contributed by atoms with Crippen LogP contribution in [0.1, 0.15) is 89.0 Å². The lowest BCUT2D eigenvalue weighted by Gasteiger charge is -2.62. The fourth-order valence-corrected chi connectivity index (χ4v) is 11.1. The highest BCUT2D eigenvalue weighted by molar-refractivity contribution is 5.91. The number of carbonyl (C=O) groups is 2. The molecule has 8 rings (SSSR count). The second-order valence-electron chi connectivity index (χ2n) is 17.9. The average molecular weight is 769 g/mol. The lowest BCUT2D eigenvalue weighted by molar-refractivity contribution is -0.225. The van der Waals surface area contributed by atoms with Crippen LogP contribution in [0, 0.1) is 29.6 Å². The first-order chi connectivity index (χ1) is 27.3. The van der Waals surface area contributed by atoms with E-state index in [0.717, 1.165) is 47.9 Å². The Balaban J connectivity index is 1.20. The lowest BCUT2D eigenvalue weighted by atomic mass is 9.44. The summed E-state index contributed by atoms with van der Waals surface area (Å²) in [7, 11) is 0. The first-order valence-corrected chi connectivity index (χ1v) is 20.6. The standard InChI is InChI=1S/C50H56O7/c1-34-18-16-17-25-39(34)56-46(2,3)45(52)55-43-27-29-47(4)41(26-30-49(6)42(47)32-40(57-49)38-28-31-53-44(38)51)48(43,5)33-54-50(35-19-10-7-11-20-35,36-21-12-8-13-22-36)37-23-14-9-15-24-37/h7-25,28,40-43H,26-27,29-33H2,1-6H3/t40?,41-,42?,43+,47+,48-,49+/m0/s1. The van der Waals surface area contributed by atoms with E-state index in [9.17, 15) is 9.59 Å². The molecule has 0 radical (unpaired) electrons. The highest BCUT2D eigenvalue weighted by Crippen LogP contribution is 2.67. The maximum Gasteiger partial charge on any atom is 0.350 e. The normalized spacial score (nSPS) is 29.8. The molecule has 0 spiro atoms. The zero-order valence-electron chi connectivity index (χ0n) is 34.2. The number of rotatable bonds is 11. The van der Waals surface area contributed by atoms with Crippen LogP contribution in [0.15, 0.2) is 127 Å². The Morgan fingerprint density at radius 2 is 1.35 bits per heavy atom. The predicted octanol–water partition coefficient (Wildman–Crippen LogP) is 9.94. The molecular formula is C50H56O7. The van der Waals surface area contributed by atoms with Gasteiger partial charge < -0.3 is 23.7 Å². The van der Waals surface area contributed by atoms with Crippen molar-refractivity contribution in [2.45, 2.75) is 103 Å². The molecule has 298 valence electrons. The molecular weight excluding hydrogens is 713 g/mol. The number of carbonyl (C=O) groups excluding carboxylic acids is 2. The van der Waals surface area contributed by atoms with Gasteiger partial charge in [0, 0.05) is 5.41 Å². The molecule has 4 aromatic rings. The molecule has 2 aliphatic carbocycles. The second-order valence-corrected chi connectivity index (χ2v) is 17.9. The molecule has 0 N–H and O–H groups in total. The van der Waals surface area contributed by atoms with Crippen LogP contribution in [0.2, 0.25) is 0 Å². The minimum Gasteiger partial charge on any atom is -0.476 e. The van der Waals surface area contributed by atoms with Crippen LogP contribution in [0.25, 0.3) is 0 Å². The van der Waals surface area contributed by atoms with Crippen LogP contribution < -0.4 is 4.74 Å². The van der Waals surface area contributed by atoms with E-state index in [1.807, 2.05) is 55.5 Å². The molecule has 7 atom stereocenters. The smallest absolute Gasteiger partial charge is 0.350 e. The summed E-state index contributed by atoms with van der Waals surface area (Å²) < 4.78 is 33.0. The van der Waals surface area contributed by atoms with E-state index in [-0.39, 0.29) is 29.3 Å². The third-order valence-corrected chi connectivity index (χ3v) is 14.0. The van der Waals surface area contributed by atoms with E-state index < -0.39 is 34.3 Å². The molecule has 1 saturated heterocycles. The van der Waals surface area contributed by atoms with Crippen molar-refractivity contribution < 1.29 is 33.3 Å². The number of ether oxygens (including phenoxy) is 5. The van der Waals surface area contributed by atoms with Crippen molar-refractivity contribution in [3.8, 4) is 5.75 Å². The maximum absolute atomic E-state index is 14.4. The van der Waals surface area contributed by atoms with E-state index in [1.165, 1.54) is 0 Å². The largest absolute Gasteiger partial charge is 0.476 e. The molecule has 2 saturated carbocycles. The van der Waals surface area contributed by atoms with E-state index in [2.05, 4.69) is 93.6 Å². The Labute approximate surface area is 337 Å². The van der Waals surface area contributed by atoms with Crippen molar-refractivity contribution in [3.05, 3.63) is 149 Å². The van der Waals surface area contributed by atoms with Gasteiger partial charge in [-0.05, 0) is 111 Å². The Morgan fingerprint density at radius 3 is 1.91 bits per heavy atom. The van der Waals surface area contributed by atoms with E-state index in [4.69, 9.17) is 23.7 Å². The van der Waals surface area contributed by atoms with Gasteiger partial charge in [-0.3, -0.25) is 0 Å². The van der Waals surface area contributed by atoms with Crippen molar-refractivity contribution in [1.82, 2.24) is 0 Å².